The fourth-order valence-corrected chi connectivity index (χ4v) is 4.14. The maximum Gasteiger partial charge on any atom is 0.223 e. The molecule has 0 bridgehead atoms. The third-order valence-corrected chi connectivity index (χ3v) is 6.38. The highest BCUT2D eigenvalue weighted by Crippen LogP contribution is 2.45. The van der Waals surface area contributed by atoms with Gasteiger partial charge in [0.15, 0.2) is 0 Å². The molecule has 5 nitrogen and oxygen atoms in total. The molecular weight excluding hydrogens is 300 g/mol. The highest BCUT2D eigenvalue weighted by atomic mass is 16.1. The maximum absolute atomic E-state index is 12.5. The second-order valence-corrected chi connectivity index (χ2v) is 8.70. The number of carbonyl (C=O) groups is 1. The lowest BCUT2D eigenvalue weighted by Crippen LogP contribution is -2.48. The number of nitrogens with zero attached hydrogens (tertiary/aromatic N) is 3. The van der Waals surface area contributed by atoms with E-state index in [0.717, 1.165) is 32.5 Å². The van der Waals surface area contributed by atoms with Crippen molar-refractivity contribution in [1.82, 2.24) is 20.0 Å². The standard InChI is InChI=1S/C19H36N4O/c1-16(2)23-8-4-17(5-9-23)18(24)20-14-19(6-7-19)15-22-12-10-21(3)11-13-22/h16-17H,4-15H2,1-3H3,(H,20,24). The maximum atomic E-state index is 12.5. The molecule has 2 saturated heterocycles. The van der Waals surface area contributed by atoms with Gasteiger partial charge in [-0.25, -0.2) is 0 Å². The minimum Gasteiger partial charge on any atom is -0.355 e. The second kappa shape index (κ2) is 7.71. The molecule has 3 fully saturated rings. The van der Waals surface area contributed by atoms with Gasteiger partial charge in [0.25, 0.3) is 0 Å². The molecule has 1 N–H and O–H groups in total. The van der Waals surface area contributed by atoms with Crippen molar-refractivity contribution < 1.29 is 4.79 Å². The number of amides is 1. The molecule has 1 amide bonds. The van der Waals surface area contributed by atoms with E-state index in [1.54, 1.807) is 0 Å². The van der Waals surface area contributed by atoms with Gasteiger partial charge in [-0.2, -0.15) is 0 Å². The third-order valence-electron chi connectivity index (χ3n) is 6.38. The van der Waals surface area contributed by atoms with Gasteiger partial charge in [0.1, 0.15) is 0 Å². The fraction of sp³-hybridized carbons (Fsp3) is 0.947. The molecule has 24 heavy (non-hydrogen) atoms. The number of rotatable bonds is 6. The zero-order valence-corrected chi connectivity index (χ0v) is 15.9. The zero-order valence-electron chi connectivity index (χ0n) is 15.9. The van der Waals surface area contributed by atoms with Gasteiger partial charge in [0.05, 0.1) is 0 Å². The minimum absolute atomic E-state index is 0.236. The van der Waals surface area contributed by atoms with Crippen molar-refractivity contribution in [3.63, 3.8) is 0 Å². The van der Waals surface area contributed by atoms with Crippen LogP contribution in [-0.4, -0.2) is 86.1 Å². The summed E-state index contributed by atoms with van der Waals surface area (Å²) in [5, 5.41) is 3.30. The molecule has 0 spiro atoms. The molecule has 3 rings (SSSR count). The first-order valence-electron chi connectivity index (χ1n) is 9.90. The van der Waals surface area contributed by atoms with Crippen molar-refractivity contribution in [1.29, 1.82) is 0 Å². The SMILES string of the molecule is CC(C)N1CCC(C(=O)NCC2(CN3CCN(C)CC3)CC2)CC1. The summed E-state index contributed by atoms with van der Waals surface area (Å²) >= 11 is 0. The first kappa shape index (κ1) is 18.2. The summed E-state index contributed by atoms with van der Waals surface area (Å²) in [6.07, 6.45) is 4.61. The van der Waals surface area contributed by atoms with Crippen LogP contribution in [0.15, 0.2) is 0 Å². The molecular formula is C19H36N4O. The monoisotopic (exact) mass is 336 g/mol. The van der Waals surface area contributed by atoms with Gasteiger partial charge in [-0.05, 0) is 59.7 Å². The average Bonchev–Trinajstić information content (AvgIpc) is 3.35. The number of likely N-dealkylation sites (N-methyl/N-ethyl adjacent to an activating group) is 1. The molecule has 2 aliphatic heterocycles. The van der Waals surface area contributed by atoms with E-state index in [0.29, 0.717) is 17.4 Å². The summed E-state index contributed by atoms with van der Waals surface area (Å²) in [6.45, 7) is 13.4. The van der Waals surface area contributed by atoms with Gasteiger partial charge in [-0.3, -0.25) is 4.79 Å². The summed E-state index contributed by atoms with van der Waals surface area (Å²) < 4.78 is 0. The fourth-order valence-electron chi connectivity index (χ4n) is 4.14. The van der Waals surface area contributed by atoms with Crippen LogP contribution in [0, 0.1) is 11.3 Å². The Morgan fingerprint density at radius 3 is 2.25 bits per heavy atom. The second-order valence-electron chi connectivity index (χ2n) is 8.70. The summed E-state index contributed by atoms with van der Waals surface area (Å²) in [6, 6.07) is 0.604. The minimum atomic E-state index is 0.236. The number of hydrogen-bond acceptors (Lipinski definition) is 4. The van der Waals surface area contributed by atoms with Crippen molar-refractivity contribution in [2.45, 2.75) is 45.6 Å². The molecule has 3 aliphatic rings. The van der Waals surface area contributed by atoms with Crippen molar-refractivity contribution in [2.24, 2.45) is 11.3 Å². The summed E-state index contributed by atoms with van der Waals surface area (Å²) in [4.78, 5) is 20.0. The van der Waals surface area contributed by atoms with Gasteiger partial charge in [-0.1, -0.05) is 0 Å². The molecule has 1 aliphatic carbocycles. The Morgan fingerprint density at radius 1 is 1.08 bits per heavy atom. The lowest BCUT2D eigenvalue weighted by Gasteiger charge is -2.35. The van der Waals surface area contributed by atoms with Crippen LogP contribution in [0.4, 0.5) is 0 Å². The van der Waals surface area contributed by atoms with Crippen LogP contribution in [0.2, 0.25) is 0 Å². The Kier molecular flexibility index (Phi) is 5.83. The largest absolute Gasteiger partial charge is 0.355 e. The van der Waals surface area contributed by atoms with Crippen molar-refractivity contribution in [2.75, 3.05) is 59.4 Å². The topological polar surface area (TPSA) is 38.8 Å². The first-order chi connectivity index (χ1) is 11.5. The van der Waals surface area contributed by atoms with E-state index in [1.807, 2.05) is 0 Å². The molecule has 138 valence electrons. The van der Waals surface area contributed by atoms with E-state index < -0.39 is 0 Å². The third kappa shape index (κ3) is 4.70. The Bertz CT molecular complexity index is 419. The first-order valence-corrected chi connectivity index (χ1v) is 9.90. The van der Waals surface area contributed by atoms with Crippen molar-refractivity contribution in [3.05, 3.63) is 0 Å². The van der Waals surface area contributed by atoms with E-state index in [2.05, 4.69) is 40.9 Å². The van der Waals surface area contributed by atoms with Crippen LogP contribution in [0.25, 0.3) is 0 Å². The van der Waals surface area contributed by atoms with Crippen LogP contribution in [0.5, 0.6) is 0 Å². The number of piperidine rings is 1. The summed E-state index contributed by atoms with van der Waals surface area (Å²) in [7, 11) is 2.20. The highest BCUT2D eigenvalue weighted by Gasteiger charge is 2.44. The molecule has 5 heteroatoms. The number of carbonyl (C=O) groups excluding carboxylic acids is 1. The van der Waals surface area contributed by atoms with Crippen molar-refractivity contribution in [3.8, 4) is 0 Å². The average molecular weight is 337 g/mol. The Morgan fingerprint density at radius 2 is 1.71 bits per heavy atom. The van der Waals surface area contributed by atoms with Gasteiger partial charge in [0, 0.05) is 56.6 Å². The summed E-state index contributed by atoms with van der Waals surface area (Å²) in [5.41, 5.74) is 0.379. The molecule has 1 saturated carbocycles. The smallest absolute Gasteiger partial charge is 0.223 e. The van der Waals surface area contributed by atoms with E-state index >= 15 is 0 Å². The molecule has 0 aromatic rings. The van der Waals surface area contributed by atoms with Gasteiger partial charge < -0.3 is 20.0 Å². The quantitative estimate of drug-likeness (QED) is 0.792. The molecule has 0 unspecified atom stereocenters. The Balaban J connectivity index is 1.38. The van der Waals surface area contributed by atoms with E-state index in [-0.39, 0.29) is 5.92 Å². The number of piperazine rings is 1. The van der Waals surface area contributed by atoms with Crippen LogP contribution >= 0.6 is 0 Å². The number of nitrogens with one attached hydrogen (secondary N) is 1. The van der Waals surface area contributed by atoms with E-state index in [9.17, 15) is 4.79 Å². The number of hydrogen-bond donors (Lipinski definition) is 1. The highest BCUT2D eigenvalue weighted by molar-refractivity contribution is 5.78. The van der Waals surface area contributed by atoms with Crippen LogP contribution in [-0.2, 0) is 4.79 Å². The molecule has 0 radical (unpaired) electrons. The molecule has 0 atom stereocenters. The molecule has 2 heterocycles. The van der Waals surface area contributed by atoms with Crippen LogP contribution in [0.3, 0.4) is 0 Å². The lowest BCUT2D eigenvalue weighted by atomic mass is 9.94. The van der Waals surface area contributed by atoms with Crippen molar-refractivity contribution >= 4 is 5.91 Å². The predicted octanol–water partition coefficient (Wildman–Crippen LogP) is 1.25. The van der Waals surface area contributed by atoms with Crippen LogP contribution in [0.1, 0.15) is 39.5 Å². The molecule has 0 aromatic carbocycles. The Hall–Kier alpha value is -0.650. The van der Waals surface area contributed by atoms with Crippen LogP contribution < -0.4 is 5.32 Å². The predicted molar refractivity (Wildman–Crippen MR) is 98.0 cm³/mol. The van der Waals surface area contributed by atoms with Gasteiger partial charge >= 0.3 is 0 Å². The van der Waals surface area contributed by atoms with E-state index in [4.69, 9.17) is 0 Å². The zero-order chi connectivity index (χ0) is 17.2. The number of likely N-dealkylation sites (tertiary alicyclic amines) is 1. The van der Waals surface area contributed by atoms with E-state index in [1.165, 1.54) is 45.6 Å². The van der Waals surface area contributed by atoms with Gasteiger partial charge in [-0.15, -0.1) is 0 Å². The normalized spacial score (nSPS) is 26.7. The molecule has 0 aromatic heterocycles. The summed E-state index contributed by atoms with van der Waals surface area (Å²) in [5.74, 6) is 0.544. The van der Waals surface area contributed by atoms with Gasteiger partial charge in [0.2, 0.25) is 5.91 Å². The lowest BCUT2D eigenvalue weighted by molar-refractivity contribution is -0.126. The Labute approximate surface area is 147 Å².